The summed E-state index contributed by atoms with van der Waals surface area (Å²) in [6.45, 7) is 2.46. The lowest BCUT2D eigenvalue weighted by Crippen LogP contribution is -2.15. The molecule has 1 amide bonds. The highest BCUT2D eigenvalue weighted by Gasteiger charge is 2.13. The van der Waals surface area contributed by atoms with Crippen molar-refractivity contribution in [2.24, 2.45) is 7.05 Å². The van der Waals surface area contributed by atoms with Gasteiger partial charge in [-0.2, -0.15) is 0 Å². The third-order valence-electron chi connectivity index (χ3n) is 4.60. The Hall–Kier alpha value is -3.13. The molecule has 0 fully saturated rings. The number of esters is 1. The van der Waals surface area contributed by atoms with Crippen LogP contribution < -0.4 is 5.32 Å². The Morgan fingerprint density at radius 1 is 1.06 bits per heavy atom. The van der Waals surface area contributed by atoms with Crippen molar-refractivity contribution >= 4 is 29.3 Å². The number of nitrogens with one attached hydrogen (secondary N) is 1. The van der Waals surface area contributed by atoms with Crippen LogP contribution in [-0.4, -0.2) is 39.0 Å². The molecule has 7 nitrogen and oxygen atoms in total. The van der Waals surface area contributed by atoms with Gasteiger partial charge in [-0.15, -0.1) is 10.2 Å². The fourth-order valence-corrected chi connectivity index (χ4v) is 3.54. The minimum Gasteiger partial charge on any atom is -0.462 e. The van der Waals surface area contributed by atoms with Gasteiger partial charge >= 0.3 is 5.97 Å². The number of nitrogens with zero attached hydrogens (tertiary/aromatic N) is 3. The normalized spacial score (nSPS) is 10.6. The number of rotatable bonds is 10. The van der Waals surface area contributed by atoms with E-state index in [9.17, 15) is 9.59 Å². The Morgan fingerprint density at radius 3 is 2.52 bits per heavy atom. The van der Waals surface area contributed by atoms with Gasteiger partial charge in [-0.3, -0.25) is 4.79 Å². The van der Waals surface area contributed by atoms with Crippen LogP contribution in [0.2, 0.25) is 0 Å². The van der Waals surface area contributed by atoms with Crippen molar-refractivity contribution in [3.8, 4) is 0 Å². The number of carbonyl (C=O) groups excluding carboxylic acids is 2. The van der Waals surface area contributed by atoms with Gasteiger partial charge in [-0.1, -0.05) is 55.4 Å². The quantitative estimate of drug-likeness (QED) is 0.291. The standard InChI is InChI=1S/C23H26N4O3S/c1-3-4-14-30-22(29)18-10-12-19(13-11-18)24-21(28)16-31-23-26-25-20(27(23)2)15-17-8-6-5-7-9-17/h5-13H,3-4,14-16H2,1-2H3,(H,24,28). The second-order valence-electron chi connectivity index (χ2n) is 7.02. The van der Waals surface area contributed by atoms with Gasteiger partial charge in [0.1, 0.15) is 5.82 Å². The first-order valence-electron chi connectivity index (χ1n) is 10.2. The molecule has 0 aliphatic heterocycles. The highest BCUT2D eigenvalue weighted by atomic mass is 32.2. The van der Waals surface area contributed by atoms with Crippen molar-refractivity contribution in [3.05, 3.63) is 71.5 Å². The number of hydrogen-bond donors (Lipinski definition) is 1. The number of ether oxygens (including phenoxy) is 1. The average Bonchev–Trinajstić information content (AvgIpc) is 3.13. The second kappa shape index (κ2) is 11.3. The summed E-state index contributed by atoms with van der Waals surface area (Å²) in [5.74, 6) is 0.542. The van der Waals surface area contributed by atoms with Gasteiger partial charge in [0.2, 0.25) is 5.91 Å². The number of amides is 1. The molecule has 3 aromatic rings. The van der Waals surface area contributed by atoms with Crippen LogP contribution >= 0.6 is 11.8 Å². The number of thioether (sulfide) groups is 1. The molecule has 0 bridgehead atoms. The molecule has 3 rings (SSSR count). The molecule has 162 valence electrons. The summed E-state index contributed by atoms with van der Waals surface area (Å²) in [5, 5.41) is 12.0. The number of aromatic nitrogens is 3. The molecule has 0 unspecified atom stereocenters. The van der Waals surface area contributed by atoms with E-state index in [1.54, 1.807) is 24.3 Å². The van der Waals surface area contributed by atoms with E-state index in [4.69, 9.17) is 4.74 Å². The summed E-state index contributed by atoms with van der Waals surface area (Å²) in [4.78, 5) is 24.2. The monoisotopic (exact) mass is 438 g/mol. The molecule has 0 atom stereocenters. The van der Waals surface area contributed by atoms with Gasteiger partial charge in [0.25, 0.3) is 0 Å². The fraction of sp³-hybridized carbons (Fsp3) is 0.304. The molecule has 1 N–H and O–H groups in total. The zero-order valence-electron chi connectivity index (χ0n) is 17.7. The molecule has 2 aromatic carbocycles. The van der Waals surface area contributed by atoms with Crippen LogP contribution in [0.15, 0.2) is 59.8 Å². The maximum absolute atomic E-state index is 12.3. The second-order valence-corrected chi connectivity index (χ2v) is 7.97. The highest BCUT2D eigenvalue weighted by molar-refractivity contribution is 7.99. The molecule has 0 aliphatic carbocycles. The smallest absolute Gasteiger partial charge is 0.338 e. The highest BCUT2D eigenvalue weighted by Crippen LogP contribution is 2.18. The number of unbranched alkanes of at least 4 members (excludes halogenated alkanes) is 1. The van der Waals surface area contributed by atoms with Gasteiger partial charge in [0, 0.05) is 19.2 Å². The number of anilines is 1. The number of hydrogen-bond acceptors (Lipinski definition) is 6. The van der Waals surface area contributed by atoms with E-state index in [0.29, 0.717) is 29.4 Å². The van der Waals surface area contributed by atoms with E-state index >= 15 is 0 Å². The molecule has 0 spiro atoms. The van der Waals surface area contributed by atoms with Gasteiger partial charge < -0.3 is 14.6 Å². The number of benzene rings is 2. The summed E-state index contributed by atoms with van der Waals surface area (Å²) < 4.78 is 7.09. The van der Waals surface area contributed by atoms with E-state index in [0.717, 1.165) is 24.2 Å². The van der Waals surface area contributed by atoms with Crippen molar-refractivity contribution in [1.82, 2.24) is 14.8 Å². The Labute approximate surface area is 186 Å². The van der Waals surface area contributed by atoms with Crippen molar-refractivity contribution < 1.29 is 14.3 Å². The molecule has 31 heavy (non-hydrogen) atoms. The molecule has 0 saturated heterocycles. The van der Waals surface area contributed by atoms with Gasteiger partial charge in [0.05, 0.1) is 17.9 Å². The minimum atomic E-state index is -0.351. The van der Waals surface area contributed by atoms with Crippen molar-refractivity contribution in [3.63, 3.8) is 0 Å². The van der Waals surface area contributed by atoms with E-state index < -0.39 is 0 Å². The third-order valence-corrected chi connectivity index (χ3v) is 5.62. The van der Waals surface area contributed by atoms with E-state index in [-0.39, 0.29) is 17.6 Å². The predicted molar refractivity (Wildman–Crippen MR) is 121 cm³/mol. The summed E-state index contributed by atoms with van der Waals surface area (Å²) in [6.07, 6.45) is 2.50. The van der Waals surface area contributed by atoms with Crippen LogP contribution in [0.1, 0.15) is 41.5 Å². The third kappa shape index (κ3) is 6.68. The first-order valence-corrected chi connectivity index (χ1v) is 11.2. The maximum atomic E-state index is 12.3. The van der Waals surface area contributed by atoms with E-state index in [1.165, 1.54) is 11.8 Å². The van der Waals surface area contributed by atoms with E-state index in [2.05, 4.69) is 15.5 Å². The SMILES string of the molecule is CCCCOC(=O)c1ccc(NC(=O)CSc2nnc(Cc3ccccc3)n2C)cc1. The summed E-state index contributed by atoms with van der Waals surface area (Å²) in [5.41, 5.74) is 2.25. The molecule has 8 heteroatoms. The Bertz CT molecular complexity index is 1000. The lowest BCUT2D eigenvalue weighted by atomic mass is 10.1. The fourth-order valence-electron chi connectivity index (χ4n) is 2.81. The molecule has 0 aliphatic rings. The Morgan fingerprint density at radius 2 is 1.81 bits per heavy atom. The predicted octanol–water partition coefficient (Wildman–Crippen LogP) is 4.09. The van der Waals surface area contributed by atoms with Gasteiger partial charge in [0.15, 0.2) is 5.16 Å². The zero-order chi connectivity index (χ0) is 22.1. The van der Waals surface area contributed by atoms with Crippen LogP contribution in [0, 0.1) is 0 Å². The maximum Gasteiger partial charge on any atom is 0.338 e. The molecular weight excluding hydrogens is 412 g/mol. The van der Waals surface area contributed by atoms with Crippen LogP contribution in [0.4, 0.5) is 5.69 Å². The zero-order valence-corrected chi connectivity index (χ0v) is 18.5. The lowest BCUT2D eigenvalue weighted by Gasteiger charge is -2.07. The van der Waals surface area contributed by atoms with Crippen LogP contribution in [-0.2, 0) is 23.0 Å². The Balaban J connectivity index is 1.48. The number of carbonyl (C=O) groups is 2. The summed E-state index contributed by atoms with van der Waals surface area (Å²) >= 11 is 1.33. The molecule has 1 heterocycles. The average molecular weight is 439 g/mol. The molecule has 1 aromatic heterocycles. The van der Waals surface area contributed by atoms with Crippen molar-refractivity contribution in [2.45, 2.75) is 31.3 Å². The molecule has 0 saturated carbocycles. The molecular formula is C23H26N4O3S. The van der Waals surface area contributed by atoms with Crippen LogP contribution in [0.3, 0.4) is 0 Å². The summed E-state index contributed by atoms with van der Waals surface area (Å²) in [6, 6.07) is 16.7. The van der Waals surface area contributed by atoms with Gasteiger partial charge in [-0.25, -0.2) is 4.79 Å². The summed E-state index contributed by atoms with van der Waals surface area (Å²) in [7, 11) is 1.90. The van der Waals surface area contributed by atoms with Crippen LogP contribution in [0.25, 0.3) is 0 Å². The Kier molecular flexibility index (Phi) is 8.23. The van der Waals surface area contributed by atoms with Gasteiger partial charge in [-0.05, 0) is 36.2 Å². The topological polar surface area (TPSA) is 86.1 Å². The first-order chi connectivity index (χ1) is 15.1. The van der Waals surface area contributed by atoms with Crippen molar-refractivity contribution in [1.29, 1.82) is 0 Å². The van der Waals surface area contributed by atoms with Crippen molar-refractivity contribution in [2.75, 3.05) is 17.7 Å². The van der Waals surface area contributed by atoms with E-state index in [1.807, 2.05) is 48.9 Å². The molecule has 0 radical (unpaired) electrons. The van der Waals surface area contributed by atoms with Crippen LogP contribution in [0.5, 0.6) is 0 Å². The largest absolute Gasteiger partial charge is 0.462 e. The minimum absolute atomic E-state index is 0.157. The first kappa shape index (κ1) is 22.6. The lowest BCUT2D eigenvalue weighted by molar-refractivity contribution is -0.113.